The largest absolute Gasteiger partial charge is 0.493 e. The lowest BCUT2D eigenvalue weighted by Crippen LogP contribution is -2.17. The second-order valence-corrected chi connectivity index (χ2v) is 7.60. The van der Waals surface area contributed by atoms with Gasteiger partial charge in [-0.25, -0.2) is 4.79 Å². The van der Waals surface area contributed by atoms with Gasteiger partial charge in [-0.1, -0.05) is 33.8 Å². The number of carboxylic acids is 1. The molecule has 0 aliphatic rings. The quantitative estimate of drug-likeness (QED) is 0.753. The first-order chi connectivity index (χ1) is 11.6. The Morgan fingerprint density at radius 3 is 2.12 bits per heavy atom. The van der Waals surface area contributed by atoms with Gasteiger partial charge in [-0.05, 0) is 77.8 Å². The van der Waals surface area contributed by atoms with Gasteiger partial charge in [0.2, 0.25) is 0 Å². The summed E-state index contributed by atoms with van der Waals surface area (Å²) in [5, 5.41) is 9.48. The minimum Gasteiger partial charge on any atom is -0.493 e. The molecule has 3 nitrogen and oxygen atoms in total. The fraction of sp³-hybridized carbons (Fsp3) is 0.409. The Morgan fingerprint density at radius 2 is 1.64 bits per heavy atom. The SMILES string of the molecule is CCCOc1c(C)cc(-c2ccc(C(=O)O)c(C(C)(C)C)c2)cc1C. The van der Waals surface area contributed by atoms with Gasteiger partial charge in [0.1, 0.15) is 5.75 Å². The van der Waals surface area contributed by atoms with E-state index >= 15 is 0 Å². The smallest absolute Gasteiger partial charge is 0.335 e. The zero-order valence-electron chi connectivity index (χ0n) is 16.1. The lowest BCUT2D eigenvalue weighted by atomic mass is 9.82. The first kappa shape index (κ1) is 19.0. The fourth-order valence-electron chi connectivity index (χ4n) is 3.08. The zero-order chi connectivity index (χ0) is 18.8. The molecule has 0 amide bonds. The van der Waals surface area contributed by atoms with Crippen molar-refractivity contribution in [3.63, 3.8) is 0 Å². The Morgan fingerprint density at radius 1 is 1.04 bits per heavy atom. The third-order valence-electron chi connectivity index (χ3n) is 4.30. The molecule has 0 aliphatic carbocycles. The van der Waals surface area contributed by atoms with Gasteiger partial charge in [0.25, 0.3) is 0 Å². The molecule has 2 aromatic rings. The fourth-order valence-corrected chi connectivity index (χ4v) is 3.08. The molecule has 0 heterocycles. The summed E-state index contributed by atoms with van der Waals surface area (Å²) >= 11 is 0. The summed E-state index contributed by atoms with van der Waals surface area (Å²) < 4.78 is 5.86. The maximum absolute atomic E-state index is 11.6. The highest BCUT2D eigenvalue weighted by Gasteiger charge is 2.22. The third kappa shape index (κ3) is 4.22. The summed E-state index contributed by atoms with van der Waals surface area (Å²) in [5.41, 5.74) is 5.29. The van der Waals surface area contributed by atoms with Crippen molar-refractivity contribution in [2.24, 2.45) is 0 Å². The zero-order valence-corrected chi connectivity index (χ0v) is 16.1. The van der Waals surface area contributed by atoms with Gasteiger partial charge in [0.05, 0.1) is 12.2 Å². The van der Waals surface area contributed by atoms with E-state index in [0.29, 0.717) is 12.2 Å². The van der Waals surface area contributed by atoms with Crippen LogP contribution in [0.5, 0.6) is 5.75 Å². The standard InChI is InChI=1S/C22H28O3/c1-7-10-25-20-14(2)11-17(12-15(20)3)16-8-9-18(21(23)24)19(13-16)22(4,5)6/h8-9,11-13H,7,10H2,1-6H3,(H,23,24). The molecule has 25 heavy (non-hydrogen) atoms. The predicted octanol–water partition coefficient (Wildman–Crippen LogP) is 5.75. The Bertz CT molecular complexity index is 759. The van der Waals surface area contributed by atoms with E-state index in [1.165, 1.54) is 0 Å². The predicted molar refractivity (Wildman–Crippen MR) is 103 cm³/mol. The van der Waals surface area contributed by atoms with Crippen molar-refractivity contribution in [3.8, 4) is 16.9 Å². The van der Waals surface area contributed by atoms with E-state index in [-0.39, 0.29) is 5.41 Å². The van der Waals surface area contributed by atoms with Crippen LogP contribution in [0.2, 0.25) is 0 Å². The van der Waals surface area contributed by atoms with E-state index in [4.69, 9.17) is 4.74 Å². The highest BCUT2D eigenvalue weighted by molar-refractivity contribution is 5.91. The molecular formula is C22H28O3. The average molecular weight is 340 g/mol. The number of carbonyl (C=O) groups is 1. The van der Waals surface area contributed by atoms with Gasteiger partial charge in [-0.2, -0.15) is 0 Å². The number of hydrogen-bond acceptors (Lipinski definition) is 2. The highest BCUT2D eigenvalue weighted by atomic mass is 16.5. The molecule has 134 valence electrons. The topological polar surface area (TPSA) is 46.5 Å². The molecule has 0 spiro atoms. The molecule has 0 atom stereocenters. The monoisotopic (exact) mass is 340 g/mol. The van der Waals surface area contributed by atoms with Gasteiger partial charge in [-0.3, -0.25) is 0 Å². The first-order valence-electron chi connectivity index (χ1n) is 8.77. The van der Waals surface area contributed by atoms with Gasteiger partial charge in [0, 0.05) is 0 Å². The number of hydrogen-bond donors (Lipinski definition) is 1. The Kier molecular flexibility index (Phi) is 5.56. The van der Waals surface area contributed by atoms with Crippen molar-refractivity contribution in [2.75, 3.05) is 6.61 Å². The highest BCUT2D eigenvalue weighted by Crippen LogP contribution is 2.34. The first-order valence-corrected chi connectivity index (χ1v) is 8.77. The second kappa shape index (κ2) is 7.30. The van der Waals surface area contributed by atoms with E-state index in [0.717, 1.165) is 40.0 Å². The summed E-state index contributed by atoms with van der Waals surface area (Å²) in [6.45, 7) is 13.0. The van der Waals surface area contributed by atoms with Gasteiger partial charge in [-0.15, -0.1) is 0 Å². The summed E-state index contributed by atoms with van der Waals surface area (Å²) in [7, 11) is 0. The molecule has 0 radical (unpaired) electrons. The minimum absolute atomic E-state index is 0.238. The van der Waals surface area contributed by atoms with Crippen molar-refractivity contribution < 1.29 is 14.6 Å². The van der Waals surface area contributed by atoms with Crippen molar-refractivity contribution in [2.45, 2.75) is 53.4 Å². The van der Waals surface area contributed by atoms with E-state index in [9.17, 15) is 9.90 Å². The molecule has 0 saturated heterocycles. The van der Waals surface area contributed by atoms with Crippen molar-refractivity contribution in [3.05, 3.63) is 52.6 Å². The lowest BCUT2D eigenvalue weighted by molar-refractivity contribution is 0.0694. The molecule has 0 fully saturated rings. The third-order valence-corrected chi connectivity index (χ3v) is 4.30. The summed E-state index contributed by atoms with van der Waals surface area (Å²) in [6, 6.07) is 9.83. The molecule has 0 aromatic heterocycles. The number of carboxylic acid groups (broad SMARTS) is 1. The van der Waals surface area contributed by atoms with Crippen LogP contribution < -0.4 is 4.74 Å². The maximum atomic E-state index is 11.6. The number of aromatic carboxylic acids is 1. The van der Waals surface area contributed by atoms with Crippen molar-refractivity contribution in [1.29, 1.82) is 0 Å². The molecule has 0 aliphatic heterocycles. The Labute approximate surface area is 150 Å². The molecule has 0 bridgehead atoms. The molecule has 2 rings (SSSR count). The van der Waals surface area contributed by atoms with Crippen LogP contribution in [-0.2, 0) is 5.41 Å². The second-order valence-electron chi connectivity index (χ2n) is 7.60. The number of aryl methyl sites for hydroxylation is 2. The minimum atomic E-state index is -0.882. The number of rotatable bonds is 5. The molecule has 0 unspecified atom stereocenters. The van der Waals surface area contributed by atoms with Crippen molar-refractivity contribution in [1.82, 2.24) is 0 Å². The van der Waals surface area contributed by atoms with Crippen LogP contribution in [-0.4, -0.2) is 17.7 Å². The maximum Gasteiger partial charge on any atom is 0.335 e. The van der Waals surface area contributed by atoms with Gasteiger partial charge >= 0.3 is 5.97 Å². The van der Waals surface area contributed by atoms with Crippen LogP contribution >= 0.6 is 0 Å². The van der Waals surface area contributed by atoms with E-state index < -0.39 is 5.97 Å². The average Bonchev–Trinajstić information content (AvgIpc) is 2.52. The molecule has 1 N–H and O–H groups in total. The number of ether oxygens (including phenoxy) is 1. The summed E-state index contributed by atoms with van der Waals surface area (Å²) in [4.78, 5) is 11.6. The van der Waals surface area contributed by atoms with Crippen LogP contribution in [0.15, 0.2) is 30.3 Å². The summed E-state index contributed by atoms with van der Waals surface area (Å²) in [6.07, 6.45) is 0.978. The molecule has 3 heteroatoms. The van der Waals surface area contributed by atoms with E-state index in [2.05, 4.69) is 32.9 Å². The summed E-state index contributed by atoms with van der Waals surface area (Å²) in [5.74, 6) is 0.0657. The normalized spacial score (nSPS) is 11.4. The van der Waals surface area contributed by atoms with Crippen LogP contribution in [0, 0.1) is 13.8 Å². The van der Waals surface area contributed by atoms with E-state index in [1.807, 2.05) is 32.9 Å². The van der Waals surface area contributed by atoms with Crippen molar-refractivity contribution >= 4 is 5.97 Å². The van der Waals surface area contributed by atoms with Crippen LogP contribution in [0.4, 0.5) is 0 Å². The molecule has 2 aromatic carbocycles. The molecule has 0 saturated carbocycles. The van der Waals surface area contributed by atoms with Gasteiger partial charge < -0.3 is 9.84 Å². The van der Waals surface area contributed by atoms with Crippen LogP contribution in [0.25, 0.3) is 11.1 Å². The van der Waals surface area contributed by atoms with Crippen LogP contribution in [0.1, 0.15) is 61.2 Å². The Hall–Kier alpha value is -2.29. The lowest BCUT2D eigenvalue weighted by Gasteiger charge is -2.23. The van der Waals surface area contributed by atoms with Crippen LogP contribution in [0.3, 0.4) is 0 Å². The van der Waals surface area contributed by atoms with Gasteiger partial charge in [0.15, 0.2) is 0 Å². The Balaban J connectivity index is 2.54. The number of benzene rings is 2. The molecular weight excluding hydrogens is 312 g/mol. The van der Waals surface area contributed by atoms with E-state index in [1.54, 1.807) is 6.07 Å².